The summed E-state index contributed by atoms with van der Waals surface area (Å²) in [7, 11) is 0. The first-order valence-corrected chi connectivity index (χ1v) is 3.87. The van der Waals surface area contributed by atoms with Crippen molar-refractivity contribution in [1.29, 1.82) is 0 Å². The third kappa shape index (κ3) is 1.98. The van der Waals surface area contributed by atoms with E-state index in [1.807, 2.05) is 0 Å². The smallest absolute Gasteiger partial charge is 0.366 e. The van der Waals surface area contributed by atoms with Crippen LogP contribution in [0.15, 0.2) is 18.2 Å². The second-order valence-corrected chi connectivity index (χ2v) is 2.93. The molecule has 0 saturated carbocycles. The van der Waals surface area contributed by atoms with Gasteiger partial charge in [0.1, 0.15) is 0 Å². The van der Waals surface area contributed by atoms with E-state index >= 15 is 0 Å². The molecule has 2 N–H and O–H groups in total. The average Bonchev–Trinajstić information content (AvgIpc) is 2.01. The van der Waals surface area contributed by atoms with Gasteiger partial charge < -0.3 is 5.73 Å². The van der Waals surface area contributed by atoms with E-state index < -0.39 is 23.2 Å². The fourth-order valence-electron chi connectivity index (χ4n) is 1.01. The maximum Gasteiger partial charge on any atom is 0.417 e. The Morgan fingerprint density at radius 2 is 1.93 bits per heavy atom. The molecule has 0 aromatic heterocycles. The minimum absolute atomic E-state index is 0.299. The molecular formula is C8H5ClF3NO. The zero-order chi connectivity index (χ0) is 10.9. The van der Waals surface area contributed by atoms with E-state index in [0.717, 1.165) is 12.1 Å². The van der Waals surface area contributed by atoms with Gasteiger partial charge in [0.2, 0.25) is 0 Å². The molecule has 14 heavy (non-hydrogen) atoms. The van der Waals surface area contributed by atoms with Crippen molar-refractivity contribution in [3.8, 4) is 0 Å². The molecule has 1 aromatic rings. The second-order valence-electron chi connectivity index (χ2n) is 2.52. The van der Waals surface area contributed by atoms with Gasteiger partial charge in [0.15, 0.2) is 0 Å². The maximum atomic E-state index is 12.3. The number of carbonyl (C=O) groups excluding carboxylic acids is 1. The third-order valence-electron chi connectivity index (χ3n) is 1.57. The van der Waals surface area contributed by atoms with Crippen LogP contribution in [0, 0.1) is 0 Å². The Bertz CT molecular complexity index is 375. The van der Waals surface area contributed by atoms with Crippen LogP contribution in [-0.4, -0.2) is 5.91 Å². The van der Waals surface area contributed by atoms with Gasteiger partial charge in [0.25, 0.3) is 5.91 Å². The molecule has 1 amide bonds. The Labute approximate surface area is 82.5 Å². The summed E-state index contributed by atoms with van der Waals surface area (Å²) in [5.74, 6) is -1.19. The van der Waals surface area contributed by atoms with Gasteiger partial charge in [-0.15, -0.1) is 0 Å². The van der Waals surface area contributed by atoms with Crippen molar-refractivity contribution in [1.82, 2.24) is 0 Å². The molecule has 76 valence electrons. The van der Waals surface area contributed by atoms with Crippen LogP contribution in [0.2, 0.25) is 5.02 Å². The molecule has 1 rings (SSSR count). The minimum Gasteiger partial charge on any atom is -0.366 e. The molecule has 0 bridgehead atoms. The summed E-state index contributed by atoms with van der Waals surface area (Å²) in [5.41, 5.74) is 2.98. The van der Waals surface area contributed by atoms with Crippen LogP contribution in [0.5, 0.6) is 0 Å². The first-order chi connectivity index (χ1) is 6.34. The van der Waals surface area contributed by atoms with Gasteiger partial charge in [-0.05, 0) is 12.1 Å². The standard InChI is InChI=1S/C8H5ClF3NO/c9-5-3-1-2-4(8(10,11)12)6(5)7(13)14/h1-3H,(H2,13,14). The Kier molecular flexibility index (Phi) is 2.71. The van der Waals surface area contributed by atoms with Gasteiger partial charge in [-0.3, -0.25) is 4.79 Å². The van der Waals surface area contributed by atoms with Crippen molar-refractivity contribution in [2.75, 3.05) is 0 Å². The predicted molar refractivity (Wildman–Crippen MR) is 45.0 cm³/mol. The molecule has 6 heteroatoms. The van der Waals surface area contributed by atoms with E-state index in [1.54, 1.807) is 0 Å². The number of nitrogens with two attached hydrogens (primary N) is 1. The zero-order valence-corrected chi connectivity index (χ0v) is 7.49. The summed E-state index contributed by atoms with van der Waals surface area (Å²) >= 11 is 5.43. The van der Waals surface area contributed by atoms with E-state index in [9.17, 15) is 18.0 Å². The van der Waals surface area contributed by atoms with Crippen LogP contribution in [0.3, 0.4) is 0 Å². The fraction of sp³-hybridized carbons (Fsp3) is 0.125. The molecule has 1 aromatic carbocycles. The molecule has 0 fully saturated rings. The minimum atomic E-state index is -4.63. The second kappa shape index (κ2) is 3.49. The van der Waals surface area contributed by atoms with Crippen molar-refractivity contribution in [2.45, 2.75) is 6.18 Å². The highest BCUT2D eigenvalue weighted by Gasteiger charge is 2.35. The van der Waals surface area contributed by atoms with Gasteiger partial charge in [-0.25, -0.2) is 0 Å². The number of alkyl halides is 3. The van der Waals surface area contributed by atoms with Crippen molar-refractivity contribution in [3.05, 3.63) is 34.3 Å². The highest BCUT2D eigenvalue weighted by atomic mass is 35.5. The molecule has 0 radical (unpaired) electrons. The molecule has 0 aliphatic carbocycles. The van der Waals surface area contributed by atoms with E-state index in [0.29, 0.717) is 0 Å². The van der Waals surface area contributed by atoms with Crippen LogP contribution in [-0.2, 0) is 6.18 Å². The third-order valence-corrected chi connectivity index (χ3v) is 1.88. The number of benzene rings is 1. The molecule has 0 spiro atoms. The van der Waals surface area contributed by atoms with Gasteiger partial charge in [0, 0.05) is 0 Å². The van der Waals surface area contributed by atoms with Gasteiger partial charge in [-0.2, -0.15) is 13.2 Å². The van der Waals surface area contributed by atoms with Gasteiger partial charge >= 0.3 is 6.18 Å². The first kappa shape index (κ1) is 10.8. The Hall–Kier alpha value is -1.23. The van der Waals surface area contributed by atoms with Gasteiger partial charge in [-0.1, -0.05) is 17.7 Å². The lowest BCUT2D eigenvalue weighted by molar-refractivity contribution is -0.137. The van der Waals surface area contributed by atoms with Crippen LogP contribution in [0.1, 0.15) is 15.9 Å². The summed E-state index contributed by atoms with van der Waals surface area (Å²) in [4.78, 5) is 10.7. The summed E-state index contributed by atoms with van der Waals surface area (Å²) in [6.07, 6.45) is -4.63. The highest BCUT2D eigenvalue weighted by Crippen LogP contribution is 2.34. The molecule has 0 aliphatic rings. The molecule has 0 unspecified atom stereocenters. The molecule has 2 nitrogen and oxygen atoms in total. The van der Waals surface area contributed by atoms with Crippen molar-refractivity contribution < 1.29 is 18.0 Å². The number of amides is 1. The molecule has 0 atom stereocenters. The maximum absolute atomic E-state index is 12.3. The predicted octanol–water partition coefficient (Wildman–Crippen LogP) is 2.46. The largest absolute Gasteiger partial charge is 0.417 e. The quantitative estimate of drug-likeness (QED) is 0.781. The molecular weight excluding hydrogens is 219 g/mol. The van der Waals surface area contributed by atoms with Crippen molar-refractivity contribution in [3.63, 3.8) is 0 Å². The normalized spacial score (nSPS) is 11.4. The van der Waals surface area contributed by atoms with Crippen LogP contribution in [0.25, 0.3) is 0 Å². The van der Waals surface area contributed by atoms with Crippen LogP contribution in [0.4, 0.5) is 13.2 Å². The fourth-order valence-corrected chi connectivity index (χ4v) is 1.28. The number of halogens is 4. The number of primary amides is 1. The zero-order valence-electron chi connectivity index (χ0n) is 6.73. The summed E-state index contributed by atoms with van der Waals surface area (Å²) in [5, 5.41) is -0.299. The molecule has 0 aliphatic heterocycles. The topological polar surface area (TPSA) is 43.1 Å². The van der Waals surface area contributed by atoms with E-state index in [-0.39, 0.29) is 5.02 Å². The number of carbonyl (C=O) groups is 1. The number of hydrogen-bond acceptors (Lipinski definition) is 1. The summed E-state index contributed by atoms with van der Waals surface area (Å²) in [6.45, 7) is 0. The summed E-state index contributed by atoms with van der Waals surface area (Å²) < 4.78 is 37.0. The highest BCUT2D eigenvalue weighted by molar-refractivity contribution is 6.34. The lowest BCUT2D eigenvalue weighted by Crippen LogP contribution is -2.19. The van der Waals surface area contributed by atoms with Crippen molar-refractivity contribution >= 4 is 17.5 Å². The summed E-state index contributed by atoms with van der Waals surface area (Å²) in [6, 6.07) is 3.04. The van der Waals surface area contributed by atoms with Crippen molar-refractivity contribution in [2.24, 2.45) is 5.73 Å². The average molecular weight is 224 g/mol. The lowest BCUT2D eigenvalue weighted by Gasteiger charge is -2.11. The van der Waals surface area contributed by atoms with E-state index in [4.69, 9.17) is 17.3 Å². The lowest BCUT2D eigenvalue weighted by atomic mass is 10.1. The Morgan fingerprint density at radius 1 is 1.36 bits per heavy atom. The SMILES string of the molecule is NC(=O)c1c(Cl)cccc1C(F)(F)F. The number of rotatable bonds is 1. The van der Waals surface area contributed by atoms with Gasteiger partial charge in [0.05, 0.1) is 16.1 Å². The first-order valence-electron chi connectivity index (χ1n) is 3.49. The Balaban J connectivity index is 3.44. The van der Waals surface area contributed by atoms with Crippen LogP contribution < -0.4 is 5.73 Å². The van der Waals surface area contributed by atoms with E-state index in [2.05, 4.69) is 0 Å². The van der Waals surface area contributed by atoms with E-state index in [1.165, 1.54) is 6.07 Å². The molecule has 0 heterocycles. The molecule has 0 saturated heterocycles. The number of hydrogen-bond donors (Lipinski definition) is 1. The monoisotopic (exact) mass is 223 g/mol. The van der Waals surface area contributed by atoms with Crippen LogP contribution >= 0.6 is 11.6 Å². The Morgan fingerprint density at radius 3 is 2.29 bits per heavy atom.